The molecule has 0 aliphatic carbocycles. The van der Waals surface area contributed by atoms with E-state index in [-0.39, 0.29) is 0 Å². The number of aryl methyl sites for hydroxylation is 3. The molecule has 5 aromatic rings. The van der Waals surface area contributed by atoms with Crippen molar-refractivity contribution in [3.05, 3.63) is 71.4 Å². The number of fused-ring (bicyclic) bond motifs is 3. The Labute approximate surface area is 167 Å². The first-order chi connectivity index (χ1) is 13.5. The summed E-state index contributed by atoms with van der Waals surface area (Å²) in [4.78, 5) is 5.68. The van der Waals surface area contributed by atoms with Crippen LogP contribution in [0.3, 0.4) is 0 Å². The first kappa shape index (κ1) is 17.1. The summed E-state index contributed by atoms with van der Waals surface area (Å²) in [6, 6.07) is 16.9. The number of rotatable bonds is 2. The van der Waals surface area contributed by atoms with E-state index in [0.29, 0.717) is 0 Å². The molecule has 0 fully saturated rings. The molecule has 0 atom stereocenters. The first-order valence-corrected chi connectivity index (χ1v) is 10.2. The fourth-order valence-corrected chi connectivity index (χ4v) is 4.78. The van der Waals surface area contributed by atoms with E-state index < -0.39 is 0 Å². The number of hydrogen-bond donors (Lipinski definition) is 0. The Morgan fingerprint density at radius 3 is 2.57 bits per heavy atom. The summed E-state index contributed by atoms with van der Waals surface area (Å²) >= 11 is 1.67. The third-order valence-electron chi connectivity index (χ3n) is 5.34. The number of benzene rings is 2. The quantitative estimate of drug-likeness (QED) is 0.400. The van der Waals surface area contributed by atoms with Crippen molar-refractivity contribution in [2.24, 2.45) is 7.05 Å². The Balaban J connectivity index is 1.75. The van der Waals surface area contributed by atoms with Crippen molar-refractivity contribution >= 4 is 26.5 Å². The minimum Gasteiger partial charge on any atom is -0.202 e. The molecule has 2 aromatic carbocycles. The lowest BCUT2D eigenvalue weighted by Gasteiger charge is -2.09. The molecule has 0 unspecified atom stereocenters. The van der Waals surface area contributed by atoms with Gasteiger partial charge in [-0.05, 0) is 38.0 Å². The third kappa shape index (κ3) is 2.62. The molecule has 5 rings (SSSR count). The fraction of sp³-hybridized carbons (Fsp3) is 0.174. The van der Waals surface area contributed by atoms with Gasteiger partial charge in [-0.2, -0.15) is 9.55 Å². The SMILES string of the molecule is Cc1cc(C)c(C)c(-c2cc3c(c[n+]2C)sc2nc(-c4ccccc4)nn23)c1. The van der Waals surface area contributed by atoms with Gasteiger partial charge in [0.05, 0.1) is 5.52 Å². The van der Waals surface area contributed by atoms with Gasteiger partial charge in [0.15, 0.2) is 12.0 Å². The van der Waals surface area contributed by atoms with E-state index in [4.69, 9.17) is 10.1 Å². The maximum atomic E-state index is 4.80. The van der Waals surface area contributed by atoms with Gasteiger partial charge in [0.25, 0.3) is 0 Å². The van der Waals surface area contributed by atoms with Crippen LogP contribution in [0.1, 0.15) is 16.7 Å². The van der Waals surface area contributed by atoms with Gasteiger partial charge in [-0.3, -0.25) is 0 Å². The monoisotopic (exact) mass is 385 g/mol. The highest BCUT2D eigenvalue weighted by atomic mass is 32.1. The van der Waals surface area contributed by atoms with E-state index >= 15 is 0 Å². The second kappa shape index (κ2) is 6.24. The molecule has 0 saturated carbocycles. The van der Waals surface area contributed by atoms with Crippen LogP contribution in [-0.4, -0.2) is 14.6 Å². The van der Waals surface area contributed by atoms with Gasteiger partial charge in [0, 0.05) is 17.2 Å². The van der Waals surface area contributed by atoms with E-state index in [1.807, 2.05) is 34.8 Å². The lowest BCUT2D eigenvalue weighted by molar-refractivity contribution is -0.659. The topological polar surface area (TPSA) is 34.1 Å². The molecule has 3 aromatic heterocycles. The molecule has 138 valence electrons. The molecule has 28 heavy (non-hydrogen) atoms. The Morgan fingerprint density at radius 2 is 1.79 bits per heavy atom. The average Bonchev–Trinajstić information content (AvgIpc) is 3.22. The maximum absolute atomic E-state index is 4.80. The molecule has 0 bridgehead atoms. The number of thiazole rings is 1. The number of hydrogen-bond acceptors (Lipinski definition) is 3. The summed E-state index contributed by atoms with van der Waals surface area (Å²) in [5, 5.41) is 4.80. The van der Waals surface area contributed by atoms with Crippen molar-refractivity contribution in [1.82, 2.24) is 14.6 Å². The summed E-state index contributed by atoms with van der Waals surface area (Å²) in [5.41, 5.74) is 8.51. The van der Waals surface area contributed by atoms with Crippen molar-refractivity contribution in [3.63, 3.8) is 0 Å². The van der Waals surface area contributed by atoms with E-state index in [1.54, 1.807) is 11.3 Å². The van der Waals surface area contributed by atoms with Crippen LogP contribution in [0.4, 0.5) is 0 Å². The molecule has 0 saturated heterocycles. The molecule has 4 nitrogen and oxygen atoms in total. The van der Waals surface area contributed by atoms with Gasteiger partial charge < -0.3 is 0 Å². The largest absolute Gasteiger partial charge is 0.214 e. The van der Waals surface area contributed by atoms with Crippen LogP contribution in [-0.2, 0) is 7.05 Å². The average molecular weight is 386 g/mol. The van der Waals surface area contributed by atoms with Gasteiger partial charge in [-0.1, -0.05) is 53.3 Å². The van der Waals surface area contributed by atoms with E-state index in [2.05, 4.69) is 56.8 Å². The second-order valence-corrected chi connectivity index (χ2v) is 8.38. The van der Waals surface area contributed by atoms with Crippen LogP contribution in [0.15, 0.2) is 54.7 Å². The predicted octanol–water partition coefficient (Wildman–Crippen LogP) is 5.03. The van der Waals surface area contributed by atoms with Gasteiger partial charge in [-0.25, -0.2) is 4.52 Å². The molecule has 0 N–H and O–H groups in total. The van der Waals surface area contributed by atoms with Crippen molar-refractivity contribution in [3.8, 4) is 22.6 Å². The van der Waals surface area contributed by atoms with Crippen LogP contribution >= 0.6 is 11.3 Å². The zero-order valence-corrected chi connectivity index (χ0v) is 17.2. The third-order valence-corrected chi connectivity index (χ3v) is 6.32. The van der Waals surface area contributed by atoms with Gasteiger partial charge in [-0.15, -0.1) is 5.10 Å². The molecule has 0 aliphatic rings. The normalized spacial score (nSPS) is 11.6. The number of aromatic nitrogens is 4. The van der Waals surface area contributed by atoms with Crippen molar-refractivity contribution in [1.29, 1.82) is 0 Å². The predicted molar refractivity (Wildman–Crippen MR) is 115 cm³/mol. The Kier molecular flexibility index (Phi) is 3.81. The van der Waals surface area contributed by atoms with Gasteiger partial charge in [0.1, 0.15) is 11.7 Å². The van der Waals surface area contributed by atoms with Crippen LogP contribution < -0.4 is 4.57 Å². The van der Waals surface area contributed by atoms with Crippen LogP contribution in [0.2, 0.25) is 0 Å². The maximum Gasteiger partial charge on any atom is 0.214 e. The smallest absolute Gasteiger partial charge is 0.202 e. The molecule has 0 aliphatic heterocycles. The van der Waals surface area contributed by atoms with Crippen LogP contribution in [0, 0.1) is 20.8 Å². The summed E-state index contributed by atoms with van der Waals surface area (Å²) in [7, 11) is 2.11. The molecule has 5 heteroatoms. The van der Waals surface area contributed by atoms with E-state index in [0.717, 1.165) is 21.9 Å². The summed E-state index contributed by atoms with van der Waals surface area (Å²) in [6.45, 7) is 6.53. The highest BCUT2D eigenvalue weighted by Crippen LogP contribution is 2.31. The molecular formula is C23H21N4S+. The molecule has 3 heterocycles. The zero-order valence-electron chi connectivity index (χ0n) is 16.4. The Hall–Kier alpha value is -3.05. The van der Waals surface area contributed by atoms with Crippen molar-refractivity contribution < 1.29 is 4.57 Å². The lowest BCUT2D eigenvalue weighted by Crippen LogP contribution is -2.30. The number of nitrogens with zero attached hydrogens (tertiary/aromatic N) is 4. The van der Waals surface area contributed by atoms with Crippen LogP contribution in [0.25, 0.3) is 37.8 Å². The Bertz CT molecular complexity index is 1350. The van der Waals surface area contributed by atoms with Gasteiger partial charge in [0.2, 0.25) is 10.7 Å². The highest BCUT2D eigenvalue weighted by molar-refractivity contribution is 7.23. The molecule has 0 amide bonds. The fourth-order valence-electron chi connectivity index (χ4n) is 3.76. The minimum absolute atomic E-state index is 0.770. The summed E-state index contributed by atoms with van der Waals surface area (Å²) in [5.74, 6) is 0.770. The zero-order chi connectivity index (χ0) is 19.4. The lowest BCUT2D eigenvalue weighted by atomic mass is 9.97. The second-order valence-electron chi connectivity index (χ2n) is 7.37. The molecule has 0 radical (unpaired) electrons. The van der Waals surface area contributed by atoms with E-state index in [1.165, 1.54) is 32.6 Å². The van der Waals surface area contributed by atoms with Crippen LogP contribution in [0.5, 0.6) is 0 Å². The minimum atomic E-state index is 0.770. The molecule has 0 spiro atoms. The highest BCUT2D eigenvalue weighted by Gasteiger charge is 2.20. The first-order valence-electron chi connectivity index (χ1n) is 9.34. The summed E-state index contributed by atoms with van der Waals surface area (Å²) < 4.78 is 5.37. The van der Waals surface area contributed by atoms with E-state index in [9.17, 15) is 0 Å². The Morgan fingerprint density at radius 1 is 1.00 bits per heavy atom. The standard InChI is InChI=1S/C23H21N4S/c1-14-10-15(2)16(3)18(11-14)19-12-20-21(13-26(19)4)28-23-24-22(25-27(20)23)17-8-6-5-7-9-17/h5-13H,1-4H3/q+1. The number of pyridine rings is 1. The van der Waals surface area contributed by atoms with Gasteiger partial charge >= 0.3 is 0 Å². The molecular weight excluding hydrogens is 364 g/mol. The summed E-state index contributed by atoms with van der Waals surface area (Å²) in [6.07, 6.45) is 2.19. The van der Waals surface area contributed by atoms with Crippen molar-refractivity contribution in [2.45, 2.75) is 20.8 Å². The van der Waals surface area contributed by atoms with Crippen molar-refractivity contribution in [2.75, 3.05) is 0 Å².